The molecule has 37 heavy (non-hydrogen) atoms. The Labute approximate surface area is 207 Å². The molecule has 1 heterocycles. The third-order valence-electron chi connectivity index (χ3n) is 5.36. The molecule has 3 rings (SSSR count). The number of hydrogen-bond acceptors (Lipinski definition) is 3. The first-order valence-electron chi connectivity index (χ1n) is 10.9. The molecule has 1 N–H and O–H groups in total. The number of rotatable bonds is 9. The minimum absolute atomic E-state index is 0.00472. The summed E-state index contributed by atoms with van der Waals surface area (Å²) in [7, 11) is 0. The molecule has 1 aromatic heterocycles. The van der Waals surface area contributed by atoms with Gasteiger partial charge in [-0.05, 0) is 47.0 Å². The van der Waals surface area contributed by atoms with Crippen LogP contribution >= 0.6 is 0 Å². The topological polar surface area (TPSA) is 65.3 Å². The second kappa shape index (κ2) is 11.6. The lowest BCUT2D eigenvalue weighted by Crippen LogP contribution is -2.32. The number of amides is 1. The highest BCUT2D eigenvalue weighted by Crippen LogP contribution is 2.36. The van der Waals surface area contributed by atoms with Crippen molar-refractivity contribution >= 4 is 5.91 Å². The number of carbonyl (C=O) groups excluding carboxylic acids is 1. The largest absolute Gasteiger partial charge is 0.619 e. The van der Waals surface area contributed by atoms with Gasteiger partial charge in [0.1, 0.15) is 5.82 Å². The van der Waals surface area contributed by atoms with Crippen LogP contribution in [0.25, 0.3) is 0 Å². The summed E-state index contributed by atoms with van der Waals surface area (Å²) in [4.78, 5) is 12.3. The molecule has 1 unspecified atom stereocenters. The first kappa shape index (κ1) is 27.9. The maximum absolute atomic E-state index is 13.4. The molecule has 198 valence electrons. The lowest BCUT2D eigenvalue weighted by atomic mass is 9.99. The Morgan fingerprint density at radius 3 is 2.00 bits per heavy atom. The molecule has 2 aromatic carbocycles. The van der Waals surface area contributed by atoms with Crippen LogP contribution in [-0.4, -0.2) is 19.1 Å². The maximum atomic E-state index is 13.4. The molecule has 1 amide bonds. The molecule has 0 saturated heterocycles. The number of alkyl halides is 6. The maximum Gasteiger partial charge on any atom is 0.416 e. The Morgan fingerprint density at radius 1 is 0.892 bits per heavy atom. The van der Waals surface area contributed by atoms with Crippen LogP contribution in [0.1, 0.15) is 33.7 Å². The van der Waals surface area contributed by atoms with E-state index in [4.69, 9.17) is 4.74 Å². The SMILES string of the molecule is O=C(Cc1cc[n+]([O-])cc1)NCC(COCc1cc(C(F)(F)F)cc(C(F)(F)F)c1)c1ccc(F)cc1. The zero-order valence-electron chi connectivity index (χ0n) is 19.1. The van der Waals surface area contributed by atoms with Crippen molar-refractivity contribution in [3.63, 3.8) is 0 Å². The van der Waals surface area contributed by atoms with Gasteiger partial charge in [-0.2, -0.15) is 31.1 Å². The highest BCUT2D eigenvalue weighted by atomic mass is 19.4. The van der Waals surface area contributed by atoms with E-state index in [1.165, 1.54) is 48.8 Å². The third-order valence-corrected chi connectivity index (χ3v) is 5.36. The summed E-state index contributed by atoms with van der Waals surface area (Å²) in [5.74, 6) is -1.50. The van der Waals surface area contributed by atoms with Gasteiger partial charge in [0.15, 0.2) is 12.4 Å². The lowest BCUT2D eigenvalue weighted by molar-refractivity contribution is -0.605. The molecule has 0 radical (unpaired) electrons. The van der Waals surface area contributed by atoms with E-state index in [0.717, 1.165) is 0 Å². The van der Waals surface area contributed by atoms with E-state index in [2.05, 4.69) is 5.32 Å². The van der Waals surface area contributed by atoms with Gasteiger partial charge in [0.2, 0.25) is 5.91 Å². The van der Waals surface area contributed by atoms with Crippen molar-refractivity contribution in [2.45, 2.75) is 31.3 Å². The Balaban J connectivity index is 1.69. The summed E-state index contributed by atoms with van der Waals surface area (Å²) >= 11 is 0. The third kappa shape index (κ3) is 8.45. The fraction of sp³-hybridized carbons (Fsp3) is 0.280. The van der Waals surface area contributed by atoms with Crippen molar-refractivity contribution in [3.05, 3.63) is 106 Å². The molecule has 0 spiro atoms. The fourth-order valence-electron chi connectivity index (χ4n) is 3.48. The van der Waals surface area contributed by atoms with Crippen molar-refractivity contribution in [3.8, 4) is 0 Å². The Morgan fingerprint density at radius 2 is 1.46 bits per heavy atom. The van der Waals surface area contributed by atoms with Crippen molar-refractivity contribution < 1.29 is 45.0 Å². The molecule has 0 bridgehead atoms. The normalized spacial score (nSPS) is 12.8. The van der Waals surface area contributed by atoms with Crippen LogP contribution in [0.3, 0.4) is 0 Å². The van der Waals surface area contributed by atoms with Crippen LogP contribution < -0.4 is 10.0 Å². The number of aromatic nitrogens is 1. The van der Waals surface area contributed by atoms with E-state index in [-0.39, 0.29) is 31.2 Å². The zero-order valence-corrected chi connectivity index (χ0v) is 19.1. The molecule has 0 fully saturated rings. The molecule has 0 aliphatic heterocycles. The van der Waals surface area contributed by atoms with Crippen LogP contribution in [0.2, 0.25) is 0 Å². The van der Waals surface area contributed by atoms with E-state index in [1.54, 1.807) is 0 Å². The van der Waals surface area contributed by atoms with Crippen LogP contribution in [0.4, 0.5) is 30.7 Å². The molecular weight excluding hydrogens is 509 g/mol. The van der Waals surface area contributed by atoms with E-state index >= 15 is 0 Å². The molecule has 0 saturated carbocycles. The molecule has 0 aliphatic carbocycles. The van der Waals surface area contributed by atoms with Gasteiger partial charge in [-0.15, -0.1) is 0 Å². The summed E-state index contributed by atoms with van der Waals surface area (Å²) in [6.07, 6.45) is -7.54. The summed E-state index contributed by atoms with van der Waals surface area (Å²) in [6, 6.07) is 9.35. The molecule has 12 heteroatoms. The quantitative estimate of drug-likeness (QED) is 0.236. The van der Waals surface area contributed by atoms with Gasteiger partial charge >= 0.3 is 12.4 Å². The average Bonchev–Trinajstić information content (AvgIpc) is 2.82. The van der Waals surface area contributed by atoms with E-state index in [9.17, 15) is 40.7 Å². The molecular formula is C25H21F7N2O3. The second-order valence-electron chi connectivity index (χ2n) is 8.22. The number of pyridine rings is 1. The lowest BCUT2D eigenvalue weighted by Gasteiger charge is -2.19. The van der Waals surface area contributed by atoms with Gasteiger partial charge in [-0.3, -0.25) is 4.79 Å². The van der Waals surface area contributed by atoms with Gasteiger partial charge in [0.25, 0.3) is 0 Å². The smallest absolute Gasteiger partial charge is 0.416 e. The van der Waals surface area contributed by atoms with Gasteiger partial charge in [-0.1, -0.05) is 12.1 Å². The Kier molecular flexibility index (Phi) is 8.74. The predicted molar refractivity (Wildman–Crippen MR) is 117 cm³/mol. The number of hydrogen-bond donors (Lipinski definition) is 1. The van der Waals surface area contributed by atoms with Crippen molar-refractivity contribution in [2.75, 3.05) is 13.2 Å². The number of halogens is 7. The Hall–Kier alpha value is -3.67. The zero-order chi connectivity index (χ0) is 27.2. The predicted octanol–water partition coefficient (Wildman–Crippen LogP) is 5.16. The molecule has 0 aliphatic rings. The first-order chi connectivity index (χ1) is 17.3. The molecule has 1 atom stereocenters. The van der Waals surface area contributed by atoms with Gasteiger partial charge in [0, 0.05) is 24.6 Å². The van der Waals surface area contributed by atoms with Gasteiger partial charge < -0.3 is 15.3 Å². The monoisotopic (exact) mass is 530 g/mol. The van der Waals surface area contributed by atoms with Crippen LogP contribution in [0.5, 0.6) is 0 Å². The molecule has 5 nitrogen and oxygen atoms in total. The number of nitrogens with zero attached hydrogens (tertiary/aromatic N) is 1. The van der Waals surface area contributed by atoms with Crippen LogP contribution in [0, 0.1) is 11.0 Å². The highest BCUT2D eigenvalue weighted by molar-refractivity contribution is 5.78. The number of nitrogens with one attached hydrogen (secondary N) is 1. The average molecular weight is 530 g/mol. The number of carbonyl (C=O) groups is 1. The number of ether oxygens (including phenoxy) is 1. The van der Waals surface area contributed by atoms with Gasteiger partial charge in [0.05, 0.1) is 30.8 Å². The van der Waals surface area contributed by atoms with Crippen molar-refractivity contribution in [1.82, 2.24) is 5.32 Å². The molecule has 3 aromatic rings. The van der Waals surface area contributed by atoms with Crippen molar-refractivity contribution in [1.29, 1.82) is 0 Å². The van der Waals surface area contributed by atoms with Gasteiger partial charge in [-0.25, -0.2) is 4.39 Å². The summed E-state index contributed by atoms with van der Waals surface area (Å²) in [5.41, 5.74) is -2.12. The summed E-state index contributed by atoms with van der Waals surface area (Å²) in [6.45, 7) is -0.752. The van der Waals surface area contributed by atoms with E-state index < -0.39 is 47.7 Å². The standard InChI is InChI=1S/C25H21F7N2O3/c26-22-3-1-18(2-4-22)19(13-33-23(35)11-16-5-7-34(36)8-6-16)15-37-14-17-9-20(24(27,28)29)12-21(10-17)25(30,31)32/h1-10,12,19H,11,13-15H2,(H,33,35). The minimum atomic E-state index is -4.98. The highest BCUT2D eigenvalue weighted by Gasteiger charge is 2.36. The first-order valence-corrected chi connectivity index (χ1v) is 10.9. The van der Waals surface area contributed by atoms with Crippen LogP contribution in [0.15, 0.2) is 67.0 Å². The summed E-state index contributed by atoms with van der Waals surface area (Å²) < 4.78 is 98.0. The van der Waals surface area contributed by atoms with Crippen molar-refractivity contribution in [2.24, 2.45) is 0 Å². The number of benzene rings is 2. The summed E-state index contributed by atoms with van der Waals surface area (Å²) in [5, 5.41) is 13.8. The van der Waals surface area contributed by atoms with Crippen LogP contribution in [-0.2, 0) is 34.9 Å². The second-order valence-corrected chi connectivity index (χ2v) is 8.22. The Bertz CT molecular complexity index is 1160. The fourth-order valence-corrected chi connectivity index (χ4v) is 3.48. The minimum Gasteiger partial charge on any atom is -0.619 e. The van der Waals surface area contributed by atoms with E-state index in [0.29, 0.717) is 28.0 Å². The van der Waals surface area contributed by atoms with E-state index in [1.807, 2.05) is 0 Å².